The zero-order valence-electron chi connectivity index (χ0n) is 15.9. The Bertz CT molecular complexity index is 897. The number of hydrogen-bond donors (Lipinski definition) is 2. The summed E-state index contributed by atoms with van der Waals surface area (Å²) in [5.74, 6) is 1.89. The van der Waals surface area contributed by atoms with Gasteiger partial charge in [-0.2, -0.15) is 4.52 Å². The van der Waals surface area contributed by atoms with Crippen LogP contribution in [0.4, 0.5) is 0 Å². The van der Waals surface area contributed by atoms with Gasteiger partial charge < -0.3 is 14.7 Å². The zero-order chi connectivity index (χ0) is 18.8. The van der Waals surface area contributed by atoms with E-state index >= 15 is 0 Å². The molecule has 0 radical (unpaired) electrons. The fraction of sp³-hybridized carbons (Fsp3) is 0.500. The number of likely N-dealkylation sites (tertiary alicyclic amines) is 1. The maximum atomic E-state index is 10.9. The van der Waals surface area contributed by atoms with Crippen LogP contribution in [0.25, 0.3) is 4.96 Å². The van der Waals surface area contributed by atoms with Gasteiger partial charge in [0.05, 0.1) is 19.7 Å². The van der Waals surface area contributed by atoms with Gasteiger partial charge >= 0.3 is 0 Å². The van der Waals surface area contributed by atoms with Crippen LogP contribution in [0.1, 0.15) is 55.4 Å². The van der Waals surface area contributed by atoms with E-state index in [2.05, 4.69) is 22.2 Å². The highest BCUT2D eigenvalue weighted by atomic mass is 32.1. The van der Waals surface area contributed by atoms with Crippen molar-refractivity contribution >= 4 is 16.3 Å². The first-order valence-corrected chi connectivity index (χ1v) is 10.7. The Hall–Kier alpha value is -2.12. The van der Waals surface area contributed by atoms with E-state index in [9.17, 15) is 5.11 Å². The first-order valence-electron chi connectivity index (χ1n) is 9.85. The Labute approximate surface area is 163 Å². The summed E-state index contributed by atoms with van der Waals surface area (Å²) in [5, 5.41) is 15.4. The van der Waals surface area contributed by atoms with Gasteiger partial charge in [0.15, 0.2) is 11.9 Å². The quantitative estimate of drug-likeness (QED) is 0.682. The number of thiazole rings is 1. The number of aryl methyl sites for hydroxylation is 1. The summed E-state index contributed by atoms with van der Waals surface area (Å²) in [4.78, 5) is 7.78. The minimum atomic E-state index is 0.0968. The van der Waals surface area contributed by atoms with Crippen molar-refractivity contribution < 1.29 is 14.7 Å². The van der Waals surface area contributed by atoms with Crippen LogP contribution in [0.5, 0.6) is 11.6 Å². The third kappa shape index (κ3) is 3.53. The van der Waals surface area contributed by atoms with Crippen LogP contribution >= 0.6 is 11.3 Å². The van der Waals surface area contributed by atoms with E-state index in [0.717, 1.165) is 40.9 Å². The number of quaternary nitrogens is 1. The van der Waals surface area contributed by atoms with Crippen LogP contribution < -0.4 is 9.64 Å². The highest BCUT2D eigenvalue weighted by Crippen LogP contribution is 2.35. The van der Waals surface area contributed by atoms with Gasteiger partial charge in [-0.1, -0.05) is 18.3 Å². The van der Waals surface area contributed by atoms with Crippen LogP contribution in [0, 0.1) is 0 Å². The predicted octanol–water partition coefficient (Wildman–Crippen LogP) is 2.62. The number of rotatable bonds is 6. The lowest BCUT2D eigenvalue weighted by Crippen LogP contribution is -3.13. The highest BCUT2D eigenvalue weighted by molar-refractivity contribution is 7.17. The fourth-order valence-corrected chi connectivity index (χ4v) is 5.08. The Kier molecular flexibility index (Phi) is 5.31. The number of nitrogens with one attached hydrogen (secondary N) is 1. The maximum absolute atomic E-state index is 10.9. The number of hydrogen-bond acceptors (Lipinski definition) is 5. The van der Waals surface area contributed by atoms with Crippen molar-refractivity contribution in [1.29, 1.82) is 0 Å². The van der Waals surface area contributed by atoms with Crippen molar-refractivity contribution in [3.8, 4) is 11.6 Å². The number of ether oxygens (including phenoxy) is 1. The van der Waals surface area contributed by atoms with Gasteiger partial charge in [-0.25, -0.2) is 4.98 Å². The molecule has 144 valence electrons. The molecule has 0 bridgehead atoms. The van der Waals surface area contributed by atoms with Crippen LogP contribution in [0.15, 0.2) is 24.3 Å². The SMILES string of the molecule is CCOc1ccc([C@H](c2sc3nc(CC)nn3c2O)[NH+]2CCCCC2)cc1. The Balaban J connectivity index is 1.75. The van der Waals surface area contributed by atoms with E-state index in [1.165, 1.54) is 29.7 Å². The molecule has 0 unspecified atom stereocenters. The molecule has 3 heterocycles. The van der Waals surface area contributed by atoms with Gasteiger partial charge in [0.25, 0.3) is 0 Å². The number of benzene rings is 1. The number of piperidine rings is 1. The summed E-state index contributed by atoms with van der Waals surface area (Å²) in [5.41, 5.74) is 1.20. The van der Waals surface area contributed by atoms with Crippen LogP contribution in [0.3, 0.4) is 0 Å². The number of nitrogens with zero attached hydrogens (tertiary/aromatic N) is 3. The van der Waals surface area contributed by atoms with Gasteiger partial charge in [0.1, 0.15) is 10.6 Å². The molecule has 3 aromatic rings. The van der Waals surface area contributed by atoms with Crippen molar-refractivity contribution in [1.82, 2.24) is 14.6 Å². The topological polar surface area (TPSA) is 64.1 Å². The van der Waals surface area contributed by atoms with Gasteiger partial charge in [-0.15, -0.1) is 5.10 Å². The molecule has 2 aromatic heterocycles. The van der Waals surface area contributed by atoms with E-state index in [4.69, 9.17) is 4.74 Å². The minimum absolute atomic E-state index is 0.0968. The molecule has 1 saturated heterocycles. The van der Waals surface area contributed by atoms with E-state index in [1.807, 2.05) is 26.0 Å². The average molecular weight is 388 g/mol. The number of aromatic hydroxyl groups is 1. The first kappa shape index (κ1) is 18.3. The van der Waals surface area contributed by atoms with Crippen LogP contribution in [-0.2, 0) is 6.42 Å². The number of fused-ring (bicyclic) bond motifs is 1. The molecule has 1 fully saturated rings. The molecule has 1 aliphatic rings. The van der Waals surface area contributed by atoms with Gasteiger partial charge in [-0.3, -0.25) is 0 Å². The largest absolute Gasteiger partial charge is 0.494 e. The van der Waals surface area contributed by atoms with E-state index < -0.39 is 0 Å². The number of aromatic nitrogens is 3. The molecule has 7 heteroatoms. The molecule has 0 spiro atoms. The maximum Gasteiger partial charge on any atom is 0.235 e. The van der Waals surface area contributed by atoms with Crippen molar-refractivity contribution in [3.05, 3.63) is 40.5 Å². The molecular formula is C20H27N4O2S+. The first-order chi connectivity index (χ1) is 13.2. The van der Waals surface area contributed by atoms with Crippen molar-refractivity contribution in [2.75, 3.05) is 19.7 Å². The normalized spacial score (nSPS) is 16.7. The molecule has 0 amide bonds. The molecule has 6 nitrogen and oxygen atoms in total. The van der Waals surface area contributed by atoms with Gasteiger partial charge in [0, 0.05) is 12.0 Å². The summed E-state index contributed by atoms with van der Waals surface area (Å²) in [6.45, 7) is 6.91. The molecule has 1 aromatic carbocycles. The summed E-state index contributed by atoms with van der Waals surface area (Å²) in [6, 6.07) is 8.41. The Morgan fingerprint density at radius 2 is 1.93 bits per heavy atom. The lowest BCUT2D eigenvalue weighted by atomic mass is 10.0. The predicted molar refractivity (Wildman–Crippen MR) is 106 cm³/mol. The molecule has 27 heavy (non-hydrogen) atoms. The van der Waals surface area contributed by atoms with Crippen molar-refractivity contribution in [3.63, 3.8) is 0 Å². The monoisotopic (exact) mass is 387 g/mol. The van der Waals surface area contributed by atoms with Crippen LogP contribution in [0.2, 0.25) is 0 Å². The highest BCUT2D eigenvalue weighted by Gasteiger charge is 2.33. The second-order valence-electron chi connectivity index (χ2n) is 7.02. The standard InChI is InChI=1S/C20H26N4O2S/c1-3-16-21-20-24(22-16)19(25)18(27-20)17(23-12-6-5-7-13-23)14-8-10-15(11-9-14)26-4-2/h8-11,17,25H,3-7,12-13H2,1-2H3/p+1/t17-/m1/s1. The van der Waals surface area contributed by atoms with Gasteiger partial charge in [0.2, 0.25) is 10.8 Å². The molecule has 1 aliphatic heterocycles. The van der Waals surface area contributed by atoms with Gasteiger partial charge in [-0.05, 0) is 50.5 Å². The molecule has 1 atom stereocenters. The lowest BCUT2D eigenvalue weighted by Gasteiger charge is -2.31. The smallest absolute Gasteiger partial charge is 0.235 e. The Morgan fingerprint density at radius 1 is 1.19 bits per heavy atom. The minimum Gasteiger partial charge on any atom is -0.494 e. The second-order valence-corrected chi connectivity index (χ2v) is 8.03. The molecule has 4 rings (SSSR count). The van der Waals surface area contributed by atoms with E-state index in [0.29, 0.717) is 6.61 Å². The fourth-order valence-electron chi connectivity index (χ4n) is 3.92. The van der Waals surface area contributed by atoms with Crippen molar-refractivity contribution in [2.24, 2.45) is 0 Å². The van der Waals surface area contributed by atoms with Crippen molar-refractivity contribution in [2.45, 2.75) is 45.6 Å². The summed E-state index contributed by atoms with van der Waals surface area (Å²) in [7, 11) is 0. The molecular weight excluding hydrogens is 360 g/mol. The van der Waals surface area contributed by atoms with E-state index in [-0.39, 0.29) is 11.9 Å². The summed E-state index contributed by atoms with van der Waals surface area (Å²) >= 11 is 1.56. The summed E-state index contributed by atoms with van der Waals surface area (Å²) in [6.07, 6.45) is 4.51. The zero-order valence-corrected chi connectivity index (χ0v) is 16.8. The van der Waals surface area contributed by atoms with Crippen LogP contribution in [-0.4, -0.2) is 39.4 Å². The van der Waals surface area contributed by atoms with E-state index in [1.54, 1.807) is 15.9 Å². The Morgan fingerprint density at radius 3 is 2.56 bits per heavy atom. The molecule has 0 aliphatic carbocycles. The molecule has 2 N–H and O–H groups in total. The second kappa shape index (κ2) is 7.86. The summed E-state index contributed by atoms with van der Waals surface area (Å²) < 4.78 is 7.20. The third-order valence-electron chi connectivity index (χ3n) is 5.25. The lowest BCUT2D eigenvalue weighted by molar-refractivity contribution is -0.929. The average Bonchev–Trinajstić information content (AvgIpc) is 3.24. The third-order valence-corrected chi connectivity index (χ3v) is 6.34. The molecule has 0 saturated carbocycles.